The summed E-state index contributed by atoms with van der Waals surface area (Å²) < 4.78 is 0. The van der Waals surface area contributed by atoms with Crippen LogP contribution in [-0.4, -0.2) is 18.1 Å². The molecule has 0 unspecified atom stereocenters. The van der Waals surface area contributed by atoms with Gasteiger partial charge in [0.15, 0.2) is 0 Å². The molecule has 0 fully saturated rings. The SMILES string of the molecule is CNc1cccc(C(=O)O)c1C(C)C. The lowest BCUT2D eigenvalue weighted by molar-refractivity contribution is 0.0695. The van der Waals surface area contributed by atoms with Gasteiger partial charge >= 0.3 is 5.97 Å². The third-order valence-electron chi connectivity index (χ3n) is 2.18. The molecule has 0 radical (unpaired) electrons. The van der Waals surface area contributed by atoms with Crippen molar-refractivity contribution in [2.45, 2.75) is 19.8 Å². The van der Waals surface area contributed by atoms with Gasteiger partial charge in [0.1, 0.15) is 0 Å². The monoisotopic (exact) mass is 193 g/mol. The lowest BCUT2D eigenvalue weighted by Gasteiger charge is -2.14. The number of carboxylic acids is 1. The summed E-state index contributed by atoms with van der Waals surface area (Å²) in [5, 5.41) is 12.0. The predicted octanol–water partition coefficient (Wildman–Crippen LogP) is 2.55. The van der Waals surface area contributed by atoms with E-state index in [9.17, 15) is 4.79 Å². The maximum atomic E-state index is 11.0. The van der Waals surface area contributed by atoms with E-state index in [1.807, 2.05) is 19.9 Å². The van der Waals surface area contributed by atoms with Crippen LogP contribution in [0.5, 0.6) is 0 Å². The average molecular weight is 193 g/mol. The topological polar surface area (TPSA) is 49.3 Å². The van der Waals surface area contributed by atoms with Crippen LogP contribution in [-0.2, 0) is 0 Å². The molecule has 0 aliphatic heterocycles. The highest BCUT2D eigenvalue weighted by atomic mass is 16.4. The maximum Gasteiger partial charge on any atom is 0.336 e. The molecule has 0 saturated carbocycles. The Morgan fingerprint density at radius 2 is 2.07 bits per heavy atom. The molecule has 1 rings (SSSR count). The summed E-state index contributed by atoms with van der Waals surface area (Å²) in [6.07, 6.45) is 0. The smallest absolute Gasteiger partial charge is 0.336 e. The Morgan fingerprint density at radius 1 is 1.43 bits per heavy atom. The lowest BCUT2D eigenvalue weighted by atomic mass is 9.95. The van der Waals surface area contributed by atoms with E-state index >= 15 is 0 Å². The molecule has 3 nitrogen and oxygen atoms in total. The molecule has 0 bridgehead atoms. The van der Waals surface area contributed by atoms with Crippen LogP contribution < -0.4 is 5.32 Å². The molecule has 3 heteroatoms. The summed E-state index contributed by atoms with van der Waals surface area (Å²) in [6, 6.07) is 5.28. The first kappa shape index (κ1) is 10.6. The molecule has 14 heavy (non-hydrogen) atoms. The van der Waals surface area contributed by atoms with Crippen LogP contribution in [0.3, 0.4) is 0 Å². The van der Waals surface area contributed by atoms with Gasteiger partial charge < -0.3 is 10.4 Å². The van der Waals surface area contributed by atoms with Crippen molar-refractivity contribution in [3.63, 3.8) is 0 Å². The van der Waals surface area contributed by atoms with E-state index in [2.05, 4.69) is 5.32 Å². The largest absolute Gasteiger partial charge is 0.478 e. The van der Waals surface area contributed by atoms with Gasteiger partial charge in [0, 0.05) is 12.7 Å². The highest BCUT2D eigenvalue weighted by Gasteiger charge is 2.15. The minimum Gasteiger partial charge on any atom is -0.478 e. The normalized spacial score (nSPS) is 10.3. The zero-order valence-electron chi connectivity index (χ0n) is 8.66. The van der Waals surface area contributed by atoms with E-state index < -0.39 is 5.97 Å². The van der Waals surface area contributed by atoms with Crippen molar-refractivity contribution in [3.05, 3.63) is 29.3 Å². The third-order valence-corrected chi connectivity index (χ3v) is 2.18. The number of anilines is 1. The van der Waals surface area contributed by atoms with Crippen LogP contribution >= 0.6 is 0 Å². The van der Waals surface area contributed by atoms with E-state index in [1.54, 1.807) is 19.2 Å². The molecule has 1 aromatic rings. The summed E-state index contributed by atoms with van der Waals surface area (Å²) in [5.41, 5.74) is 2.13. The van der Waals surface area contributed by atoms with E-state index in [1.165, 1.54) is 0 Å². The van der Waals surface area contributed by atoms with Crippen LogP contribution in [0.2, 0.25) is 0 Å². The number of aromatic carboxylic acids is 1. The summed E-state index contributed by atoms with van der Waals surface area (Å²) >= 11 is 0. The van der Waals surface area contributed by atoms with Gasteiger partial charge in [0.05, 0.1) is 5.56 Å². The molecule has 0 heterocycles. The van der Waals surface area contributed by atoms with Crippen molar-refractivity contribution in [1.29, 1.82) is 0 Å². The molecule has 2 N–H and O–H groups in total. The van der Waals surface area contributed by atoms with Crippen molar-refractivity contribution >= 4 is 11.7 Å². The second kappa shape index (κ2) is 4.13. The number of carboxylic acid groups (broad SMARTS) is 1. The van der Waals surface area contributed by atoms with Gasteiger partial charge in [-0.2, -0.15) is 0 Å². The number of hydrogen-bond donors (Lipinski definition) is 2. The fraction of sp³-hybridized carbons (Fsp3) is 0.364. The van der Waals surface area contributed by atoms with Gasteiger partial charge in [-0.15, -0.1) is 0 Å². The standard InChI is InChI=1S/C11H15NO2/c1-7(2)10-8(11(13)14)5-4-6-9(10)12-3/h4-7,12H,1-3H3,(H,13,14). The van der Waals surface area contributed by atoms with Crippen LogP contribution in [0.15, 0.2) is 18.2 Å². The van der Waals surface area contributed by atoms with E-state index in [0.717, 1.165) is 11.3 Å². The van der Waals surface area contributed by atoms with Crippen molar-refractivity contribution < 1.29 is 9.90 Å². The Kier molecular flexibility index (Phi) is 3.12. The minimum absolute atomic E-state index is 0.199. The van der Waals surface area contributed by atoms with Gasteiger partial charge in [0.2, 0.25) is 0 Å². The first-order valence-corrected chi connectivity index (χ1v) is 4.62. The Balaban J connectivity index is 3.35. The molecule has 0 aromatic heterocycles. The van der Waals surface area contributed by atoms with Crippen LogP contribution in [0.25, 0.3) is 0 Å². The summed E-state index contributed by atoms with van der Waals surface area (Å²) in [7, 11) is 1.80. The second-order valence-corrected chi connectivity index (χ2v) is 3.48. The zero-order chi connectivity index (χ0) is 10.7. The molecule has 0 saturated heterocycles. The highest BCUT2D eigenvalue weighted by molar-refractivity contribution is 5.91. The maximum absolute atomic E-state index is 11.0. The molecular weight excluding hydrogens is 178 g/mol. The average Bonchev–Trinajstić information content (AvgIpc) is 2.16. The van der Waals surface area contributed by atoms with E-state index in [0.29, 0.717) is 5.56 Å². The lowest BCUT2D eigenvalue weighted by Crippen LogP contribution is -2.07. The number of carbonyl (C=O) groups is 1. The molecular formula is C11H15NO2. The predicted molar refractivity (Wildman–Crippen MR) is 57.0 cm³/mol. The highest BCUT2D eigenvalue weighted by Crippen LogP contribution is 2.27. The summed E-state index contributed by atoms with van der Waals surface area (Å²) in [6.45, 7) is 3.98. The quantitative estimate of drug-likeness (QED) is 0.775. The molecule has 0 amide bonds. The Hall–Kier alpha value is -1.51. The molecule has 0 aliphatic rings. The molecule has 0 aliphatic carbocycles. The summed E-state index contributed by atoms with van der Waals surface area (Å²) in [4.78, 5) is 11.0. The first-order chi connectivity index (χ1) is 6.57. The molecule has 76 valence electrons. The van der Waals surface area contributed by atoms with Crippen LogP contribution in [0.1, 0.15) is 35.7 Å². The van der Waals surface area contributed by atoms with Crippen molar-refractivity contribution in [2.75, 3.05) is 12.4 Å². The minimum atomic E-state index is -0.870. The third kappa shape index (κ3) is 1.87. The van der Waals surface area contributed by atoms with Gasteiger partial charge in [-0.3, -0.25) is 0 Å². The van der Waals surface area contributed by atoms with Crippen molar-refractivity contribution in [2.24, 2.45) is 0 Å². The van der Waals surface area contributed by atoms with Crippen LogP contribution in [0.4, 0.5) is 5.69 Å². The van der Waals surface area contributed by atoms with E-state index in [4.69, 9.17) is 5.11 Å². The van der Waals surface area contributed by atoms with Crippen LogP contribution in [0, 0.1) is 0 Å². The van der Waals surface area contributed by atoms with E-state index in [-0.39, 0.29) is 5.92 Å². The molecule has 0 atom stereocenters. The number of nitrogens with one attached hydrogen (secondary N) is 1. The Morgan fingerprint density at radius 3 is 2.50 bits per heavy atom. The number of benzene rings is 1. The van der Waals surface area contributed by atoms with Crippen molar-refractivity contribution in [1.82, 2.24) is 0 Å². The molecule has 0 spiro atoms. The van der Waals surface area contributed by atoms with Gasteiger partial charge in [0.25, 0.3) is 0 Å². The second-order valence-electron chi connectivity index (χ2n) is 3.48. The van der Waals surface area contributed by atoms with Gasteiger partial charge in [-0.25, -0.2) is 4.79 Å². The van der Waals surface area contributed by atoms with Gasteiger partial charge in [-0.1, -0.05) is 19.9 Å². The summed E-state index contributed by atoms with van der Waals surface area (Å²) in [5.74, 6) is -0.671. The first-order valence-electron chi connectivity index (χ1n) is 4.62. The Labute approximate surface area is 83.8 Å². The van der Waals surface area contributed by atoms with Crippen molar-refractivity contribution in [3.8, 4) is 0 Å². The number of hydrogen-bond acceptors (Lipinski definition) is 2. The zero-order valence-corrected chi connectivity index (χ0v) is 8.66. The Bertz CT molecular complexity index is 345. The fourth-order valence-corrected chi connectivity index (χ4v) is 1.59. The molecule has 1 aromatic carbocycles. The van der Waals surface area contributed by atoms with Gasteiger partial charge in [-0.05, 0) is 23.6 Å². The number of rotatable bonds is 3. The fourth-order valence-electron chi connectivity index (χ4n) is 1.59.